The minimum Gasteiger partial charge on any atom is -0.465 e. The summed E-state index contributed by atoms with van der Waals surface area (Å²) < 4.78 is 5.11. The van der Waals surface area contributed by atoms with Gasteiger partial charge in [-0.2, -0.15) is 0 Å². The van der Waals surface area contributed by atoms with Gasteiger partial charge in [0.1, 0.15) is 6.04 Å². The lowest BCUT2D eigenvalue weighted by Crippen LogP contribution is -2.55. The van der Waals surface area contributed by atoms with E-state index in [1.54, 1.807) is 0 Å². The van der Waals surface area contributed by atoms with Gasteiger partial charge < -0.3 is 10.1 Å². The molecule has 0 amide bonds. The fourth-order valence-corrected chi connectivity index (χ4v) is 2.24. The van der Waals surface area contributed by atoms with Crippen LogP contribution in [-0.4, -0.2) is 49.7 Å². The van der Waals surface area contributed by atoms with Crippen molar-refractivity contribution in [3.63, 3.8) is 0 Å². The van der Waals surface area contributed by atoms with E-state index in [2.05, 4.69) is 10.2 Å². The Morgan fingerprint density at radius 2 is 2.31 bits per heavy atom. The lowest BCUT2D eigenvalue weighted by Gasteiger charge is -2.34. The molecule has 0 spiro atoms. The van der Waals surface area contributed by atoms with Gasteiger partial charge in [-0.15, -0.1) is 0 Å². The van der Waals surface area contributed by atoms with E-state index in [4.69, 9.17) is 4.74 Å². The standard InChI is InChI=1S/C12H22N2O2/c1-2-16-12(15)11-9-13-6-8-14(11)7-5-10-3-4-10/h10-11,13H,2-9H2,1H3. The molecule has 4 heteroatoms. The van der Waals surface area contributed by atoms with E-state index in [0.717, 1.165) is 32.1 Å². The van der Waals surface area contributed by atoms with Crippen LogP contribution in [-0.2, 0) is 9.53 Å². The third-order valence-electron chi connectivity index (χ3n) is 3.43. The molecule has 0 radical (unpaired) electrons. The molecule has 1 aliphatic carbocycles. The Labute approximate surface area is 97.3 Å². The topological polar surface area (TPSA) is 41.6 Å². The number of esters is 1. The molecule has 0 bridgehead atoms. The molecule has 1 saturated heterocycles. The minimum absolute atomic E-state index is 0.0625. The average Bonchev–Trinajstić information content (AvgIpc) is 3.11. The molecule has 92 valence electrons. The Morgan fingerprint density at radius 1 is 1.50 bits per heavy atom. The molecule has 1 saturated carbocycles. The first-order valence-corrected chi connectivity index (χ1v) is 6.42. The minimum atomic E-state index is -0.0644. The van der Waals surface area contributed by atoms with Gasteiger partial charge >= 0.3 is 5.97 Å². The first-order chi connectivity index (χ1) is 7.81. The van der Waals surface area contributed by atoms with E-state index in [1.807, 2.05) is 6.92 Å². The molecule has 1 atom stereocenters. The third kappa shape index (κ3) is 3.19. The quantitative estimate of drug-likeness (QED) is 0.698. The molecule has 2 rings (SSSR count). The van der Waals surface area contributed by atoms with Crippen LogP contribution in [0, 0.1) is 5.92 Å². The molecule has 1 N–H and O–H groups in total. The van der Waals surface area contributed by atoms with Gasteiger partial charge in [0.25, 0.3) is 0 Å². The van der Waals surface area contributed by atoms with Gasteiger partial charge in [0.2, 0.25) is 0 Å². The molecular weight excluding hydrogens is 204 g/mol. The molecule has 1 unspecified atom stereocenters. The summed E-state index contributed by atoms with van der Waals surface area (Å²) in [6.07, 6.45) is 4.02. The highest BCUT2D eigenvalue weighted by molar-refractivity contribution is 5.76. The van der Waals surface area contributed by atoms with Crippen molar-refractivity contribution in [2.45, 2.75) is 32.2 Å². The summed E-state index contributed by atoms with van der Waals surface area (Å²) in [5.41, 5.74) is 0. The van der Waals surface area contributed by atoms with E-state index in [0.29, 0.717) is 6.61 Å². The molecule has 4 nitrogen and oxygen atoms in total. The smallest absolute Gasteiger partial charge is 0.324 e. The van der Waals surface area contributed by atoms with E-state index in [1.165, 1.54) is 19.3 Å². The Kier molecular flexibility index (Phi) is 4.18. The summed E-state index contributed by atoms with van der Waals surface area (Å²) in [5, 5.41) is 3.26. The normalized spacial score (nSPS) is 26.7. The fourth-order valence-electron chi connectivity index (χ4n) is 2.24. The van der Waals surface area contributed by atoms with E-state index in [-0.39, 0.29) is 12.0 Å². The van der Waals surface area contributed by atoms with Crippen LogP contribution >= 0.6 is 0 Å². The zero-order valence-electron chi connectivity index (χ0n) is 10.1. The Morgan fingerprint density at radius 3 is 3.00 bits per heavy atom. The van der Waals surface area contributed by atoms with Crippen LogP contribution in [0.25, 0.3) is 0 Å². The van der Waals surface area contributed by atoms with Crippen molar-refractivity contribution < 1.29 is 9.53 Å². The molecule has 2 aliphatic rings. The molecule has 2 fully saturated rings. The second-order valence-corrected chi connectivity index (χ2v) is 4.74. The van der Waals surface area contributed by atoms with Crippen LogP contribution < -0.4 is 5.32 Å². The van der Waals surface area contributed by atoms with E-state index >= 15 is 0 Å². The number of carbonyl (C=O) groups excluding carboxylic acids is 1. The van der Waals surface area contributed by atoms with Gasteiger partial charge in [-0.25, -0.2) is 0 Å². The maximum atomic E-state index is 11.8. The maximum Gasteiger partial charge on any atom is 0.324 e. The highest BCUT2D eigenvalue weighted by Crippen LogP contribution is 2.32. The van der Waals surface area contributed by atoms with E-state index < -0.39 is 0 Å². The van der Waals surface area contributed by atoms with Crippen LogP contribution in [0.2, 0.25) is 0 Å². The highest BCUT2D eigenvalue weighted by atomic mass is 16.5. The maximum absolute atomic E-state index is 11.8. The van der Waals surface area contributed by atoms with Gasteiger partial charge in [0.15, 0.2) is 0 Å². The molecule has 1 heterocycles. The first-order valence-electron chi connectivity index (χ1n) is 6.42. The largest absolute Gasteiger partial charge is 0.465 e. The SMILES string of the molecule is CCOC(=O)C1CNCCN1CCC1CC1. The van der Waals surface area contributed by atoms with Crippen molar-refractivity contribution in [1.29, 1.82) is 0 Å². The van der Waals surface area contributed by atoms with Crippen molar-refractivity contribution in [3.05, 3.63) is 0 Å². The van der Waals surface area contributed by atoms with Crippen LogP contribution in [0.4, 0.5) is 0 Å². The number of hydrogen-bond donors (Lipinski definition) is 1. The lowest BCUT2D eigenvalue weighted by molar-refractivity contribution is -0.150. The van der Waals surface area contributed by atoms with Crippen molar-refractivity contribution in [2.24, 2.45) is 5.92 Å². The second-order valence-electron chi connectivity index (χ2n) is 4.74. The van der Waals surface area contributed by atoms with Crippen LogP contribution in [0.1, 0.15) is 26.2 Å². The third-order valence-corrected chi connectivity index (χ3v) is 3.43. The lowest BCUT2D eigenvalue weighted by atomic mass is 10.1. The van der Waals surface area contributed by atoms with Gasteiger partial charge in [0.05, 0.1) is 6.61 Å². The van der Waals surface area contributed by atoms with Crippen molar-refractivity contribution in [3.8, 4) is 0 Å². The number of piperazine rings is 1. The molecular formula is C12H22N2O2. The van der Waals surface area contributed by atoms with Crippen molar-refractivity contribution in [2.75, 3.05) is 32.8 Å². The number of ether oxygens (including phenoxy) is 1. The number of hydrogen-bond acceptors (Lipinski definition) is 4. The van der Waals surface area contributed by atoms with Gasteiger partial charge in [-0.05, 0) is 25.8 Å². The number of nitrogens with zero attached hydrogens (tertiary/aromatic N) is 1. The predicted molar refractivity (Wildman–Crippen MR) is 62.2 cm³/mol. The van der Waals surface area contributed by atoms with Crippen molar-refractivity contribution in [1.82, 2.24) is 10.2 Å². The molecule has 0 aromatic heterocycles. The van der Waals surface area contributed by atoms with Crippen LogP contribution in [0.5, 0.6) is 0 Å². The Balaban J connectivity index is 1.82. The molecule has 1 aliphatic heterocycles. The highest BCUT2D eigenvalue weighted by Gasteiger charge is 2.31. The first kappa shape index (κ1) is 11.9. The van der Waals surface area contributed by atoms with E-state index in [9.17, 15) is 4.79 Å². The molecule has 0 aromatic carbocycles. The summed E-state index contributed by atoms with van der Waals surface area (Å²) in [7, 11) is 0. The summed E-state index contributed by atoms with van der Waals surface area (Å²) in [6.45, 7) is 6.09. The summed E-state index contributed by atoms with van der Waals surface area (Å²) >= 11 is 0. The Bertz CT molecular complexity index is 241. The summed E-state index contributed by atoms with van der Waals surface area (Å²) in [4.78, 5) is 14.0. The monoisotopic (exact) mass is 226 g/mol. The predicted octanol–water partition coefficient (Wildman–Crippen LogP) is 0.623. The van der Waals surface area contributed by atoms with Gasteiger partial charge in [-0.3, -0.25) is 9.69 Å². The van der Waals surface area contributed by atoms with Gasteiger partial charge in [-0.1, -0.05) is 12.8 Å². The zero-order valence-corrected chi connectivity index (χ0v) is 10.1. The van der Waals surface area contributed by atoms with Crippen LogP contribution in [0.3, 0.4) is 0 Å². The number of nitrogens with one attached hydrogen (secondary N) is 1. The zero-order chi connectivity index (χ0) is 11.4. The van der Waals surface area contributed by atoms with Crippen molar-refractivity contribution >= 4 is 5.97 Å². The Hall–Kier alpha value is -0.610. The molecule has 16 heavy (non-hydrogen) atoms. The number of carbonyl (C=O) groups is 1. The fraction of sp³-hybridized carbons (Fsp3) is 0.917. The average molecular weight is 226 g/mol. The summed E-state index contributed by atoms with van der Waals surface area (Å²) in [6, 6.07) is -0.0625. The second kappa shape index (κ2) is 5.64. The van der Waals surface area contributed by atoms with Crippen LogP contribution in [0.15, 0.2) is 0 Å². The van der Waals surface area contributed by atoms with Gasteiger partial charge in [0, 0.05) is 19.6 Å². The molecule has 0 aromatic rings. The summed E-state index contributed by atoms with van der Waals surface area (Å²) in [5.74, 6) is 0.864. The number of rotatable bonds is 5.